The summed E-state index contributed by atoms with van der Waals surface area (Å²) in [4.78, 5) is 11.5. The van der Waals surface area contributed by atoms with Gasteiger partial charge in [0.2, 0.25) is 6.29 Å². The number of ketones is 1. The van der Waals surface area contributed by atoms with Gasteiger partial charge in [0, 0.05) is 0 Å². The van der Waals surface area contributed by atoms with Crippen LogP contribution in [0.2, 0.25) is 0 Å². The Hall–Kier alpha value is -1.90. The third-order valence-corrected chi connectivity index (χ3v) is 2.81. The maximum atomic E-state index is 11.5. The molecule has 0 fully saturated rings. The Morgan fingerprint density at radius 1 is 1.42 bits per heavy atom. The molecule has 19 heavy (non-hydrogen) atoms. The van der Waals surface area contributed by atoms with E-state index in [1.54, 1.807) is 30.3 Å². The molecule has 3 unspecified atom stereocenters. The minimum atomic E-state index is -1.33. The van der Waals surface area contributed by atoms with Gasteiger partial charge in [-0.05, 0) is 25.5 Å². The second kappa shape index (κ2) is 7.52. The Kier molecular flexibility index (Phi) is 6.00. The SMILES string of the molecule is CC(=O)C(CC(C#N)CO)C(O)Oc1ccccc1. The van der Waals surface area contributed by atoms with Crippen LogP contribution in [0.3, 0.4) is 0 Å². The van der Waals surface area contributed by atoms with Crippen LogP contribution in [0.1, 0.15) is 13.3 Å². The van der Waals surface area contributed by atoms with Gasteiger partial charge >= 0.3 is 0 Å². The average Bonchev–Trinajstić information content (AvgIpc) is 2.40. The number of nitrogens with zero attached hydrogens (tertiary/aromatic N) is 1. The number of hydrogen-bond acceptors (Lipinski definition) is 5. The second-order valence-electron chi connectivity index (χ2n) is 4.28. The van der Waals surface area contributed by atoms with E-state index in [4.69, 9.17) is 15.1 Å². The van der Waals surface area contributed by atoms with Gasteiger partial charge in [-0.3, -0.25) is 4.79 Å². The first-order chi connectivity index (χ1) is 9.08. The van der Waals surface area contributed by atoms with Gasteiger partial charge in [-0.15, -0.1) is 0 Å². The van der Waals surface area contributed by atoms with Gasteiger partial charge in [0.05, 0.1) is 24.5 Å². The maximum absolute atomic E-state index is 11.5. The number of Topliss-reactive ketones (excluding diaryl/α,β-unsaturated/α-hetero) is 1. The molecule has 0 bridgehead atoms. The summed E-state index contributed by atoms with van der Waals surface area (Å²) in [6.45, 7) is 0.979. The molecule has 0 aliphatic rings. The third-order valence-electron chi connectivity index (χ3n) is 2.81. The van der Waals surface area contributed by atoms with Crippen LogP contribution in [0, 0.1) is 23.2 Å². The molecule has 1 aromatic rings. The summed E-state index contributed by atoms with van der Waals surface area (Å²) < 4.78 is 5.27. The molecule has 1 rings (SSSR count). The molecule has 1 aromatic carbocycles. The number of nitriles is 1. The molecule has 0 spiro atoms. The first kappa shape index (κ1) is 15.2. The highest BCUT2D eigenvalue weighted by Crippen LogP contribution is 2.20. The molecule has 102 valence electrons. The largest absolute Gasteiger partial charge is 0.464 e. The minimum absolute atomic E-state index is 0.0658. The molecule has 0 aliphatic heterocycles. The third kappa shape index (κ3) is 4.70. The molecule has 0 amide bonds. The van der Waals surface area contributed by atoms with Gasteiger partial charge in [-0.25, -0.2) is 0 Å². The van der Waals surface area contributed by atoms with Gasteiger partial charge in [-0.1, -0.05) is 18.2 Å². The number of benzene rings is 1. The van der Waals surface area contributed by atoms with E-state index < -0.39 is 18.1 Å². The Labute approximate surface area is 112 Å². The van der Waals surface area contributed by atoms with E-state index in [-0.39, 0.29) is 18.8 Å². The number of para-hydroxylation sites is 1. The van der Waals surface area contributed by atoms with Crippen LogP contribution in [0.15, 0.2) is 30.3 Å². The van der Waals surface area contributed by atoms with E-state index in [1.807, 2.05) is 6.07 Å². The molecule has 0 radical (unpaired) electrons. The monoisotopic (exact) mass is 263 g/mol. The van der Waals surface area contributed by atoms with Crippen molar-refractivity contribution in [3.63, 3.8) is 0 Å². The van der Waals surface area contributed by atoms with Crippen LogP contribution < -0.4 is 4.74 Å². The lowest BCUT2D eigenvalue weighted by Gasteiger charge is -2.22. The predicted molar refractivity (Wildman–Crippen MR) is 68.1 cm³/mol. The Balaban J connectivity index is 2.71. The lowest BCUT2D eigenvalue weighted by atomic mass is 9.92. The van der Waals surface area contributed by atoms with Crippen molar-refractivity contribution in [3.05, 3.63) is 30.3 Å². The molecule has 2 N–H and O–H groups in total. The normalized spacial score (nSPS) is 15.1. The summed E-state index contributed by atoms with van der Waals surface area (Å²) in [6.07, 6.45) is -1.27. The zero-order valence-electron chi connectivity index (χ0n) is 10.7. The molecule has 0 saturated carbocycles. The van der Waals surface area contributed by atoms with E-state index in [2.05, 4.69) is 0 Å². The summed E-state index contributed by atoms with van der Waals surface area (Å²) in [6, 6.07) is 10.5. The van der Waals surface area contributed by atoms with E-state index >= 15 is 0 Å². The van der Waals surface area contributed by atoms with Crippen molar-refractivity contribution in [2.45, 2.75) is 19.6 Å². The summed E-state index contributed by atoms with van der Waals surface area (Å²) >= 11 is 0. The van der Waals surface area contributed by atoms with Gasteiger partial charge in [0.1, 0.15) is 11.5 Å². The van der Waals surface area contributed by atoms with E-state index in [9.17, 15) is 9.90 Å². The van der Waals surface area contributed by atoms with Crippen molar-refractivity contribution in [1.29, 1.82) is 5.26 Å². The van der Waals surface area contributed by atoms with Crippen molar-refractivity contribution >= 4 is 5.78 Å². The highest BCUT2D eigenvalue weighted by atomic mass is 16.6. The zero-order valence-corrected chi connectivity index (χ0v) is 10.7. The molecule has 3 atom stereocenters. The van der Waals surface area contributed by atoms with Gasteiger partial charge < -0.3 is 14.9 Å². The Bertz CT molecular complexity index is 441. The molecule has 5 nitrogen and oxygen atoms in total. The summed E-state index contributed by atoms with van der Waals surface area (Å²) in [5.41, 5.74) is 0. The fourth-order valence-electron chi connectivity index (χ4n) is 1.68. The summed E-state index contributed by atoms with van der Waals surface area (Å²) in [5.74, 6) is -1.36. The van der Waals surface area contributed by atoms with Crippen molar-refractivity contribution in [2.24, 2.45) is 11.8 Å². The van der Waals surface area contributed by atoms with Crippen molar-refractivity contribution in [2.75, 3.05) is 6.61 Å². The van der Waals surface area contributed by atoms with Crippen molar-refractivity contribution in [3.8, 4) is 11.8 Å². The molecule has 0 saturated heterocycles. The van der Waals surface area contributed by atoms with E-state index in [0.717, 1.165) is 0 Å². The first-order valence-corrected chi connectivity index (χ1v) is 5.99. The molecule has 0 aliphatic carbocycles. The zero-order chi connectivity index (χ0) is 14.3. The second-order valence-corrected chi connectivity index (χ2v) is 4.28. The molecule has 5 heteroatoms. The predicted octanol–water partition coefficient (Wildman–Crippen LogP) is 1.11. The lowest BCUT2D eigenvalue weighted by Crippen LogP contribution is -2.33. The number of aliphatic hydroxyl groups is 2. The number of rotatable bonds is 7. The maximum Gasteiger partial charge on any atom is 0.207 e. The number of hydrogen-bond donors (Lipinski definition) is 2. The molecule has 0 aromatic heterocycles. The van der Waals surface area contributed by atoms with Crippen LogP contribution in [0.5, 0.6) is 5.75 Å². The van der Waals surface area contributed by atoms with Gasteiger partial charge in [-0.2, -0.15) is 5.26 Å². The highest BCUT2D eigenvalue weighted by Gasteiger charge is 2.28. The highest BCUT2D eigenvalue weighted by molar-refractivity contribution is 5.78. The van der Waals surface area contributed by atoms with Crippen LogP contribution in [-0.2, 0) is 4.79 Å². The van der Waals surface area contributed by atoms with Crippen LogP contribution in [-0.4, -0.2) is 28.9 Å². The van der Waals surface area contributed by atoms with E-state index in [0.29, 0.717) is 5.75 Å². The number of ether oxygens (including phenoxy) is 1. The summed E-state index contributed by atoms with van der Waals surface area (Å²) in [5, 5.41) is 27.7. The fraction of sp³-hybridized carbons (Fsp3) is 0.429. The van der Waals surface area contributed by atoms with Gasteiger partial charge in [0.25, 0.3) is 0 Å². The topological polar surface area (TPSA) is 90.6 Å². The smallest absolute Gasteiger partial charge is 0.207 e. The Morgan fingerprint density at radius 3 is 2.53 bits per heavy atom. The van der Waals surface area contributed by atoms with Crippen LogP contribution in [0.25, 0.3) is 0 Å². The van der Waals surface area contributed by atoms with Crippen molar-refractivity contribution < 1.29 is 19.7 Å². The van der Waals surface area contributed by atoms with Crippen molar-refractivity contribution in [1.82, 2.24) is 0 Å². The Morgan fingerprint density at radius 2 is 2.05 bits per heavy atom. The molecular weight excluding hydrogens is 246 g/mol. The standard InChI is InChI=1S/C14H17NO4/c1-10(17)13(7-11(8-15)9-16)14(18)19-12-5-3-2-4-6-12/h2-6,11,13-14,16,18H,7,9H2,1H3. The summed E-state index contributed by atoms with van der Waals surface area (Å²) in [7, 11) is 0. The van der Waals surface area contributed by atoms with E-state index in [1.165, 1.54) is 6.92 Å². The quantitative estimate of drug-likeness (QED) is 0.719. The average molecular weight is 263 g/mol. The number of carbonyl (C=O) groups is 1. The molecular formula is C14H17NO4. The lowest BCUT2D eigenvalue weighted by molar-refractivity contribution is -0.135. The number of aliphatic hydroxyl groups excluding tert-OH is 2. The van der Waals surface area contributed by atoms with Crippen LogP contribution in [0.4, 0.5) is 0 Å². The van der Waals surface area contributed by atoms with Gasteiger partial charge in [0.15, 0.2) is 0 Å². The molecule has 0 heterocycles. The minimum Gasteiger partial charge on any atom is -0.464 e. The first-order valence-electron chi connectivity index (χ1n) is 5.99. The van der Waals surface area contributed by atoms with Crippen LogP contribution >= 0.6 is 0 Å². The fourth-order valence-corrected chi connectivity index (χ4v) is 1.68. The number of carbonyl (C=O) groups excluding carboxylic acids is 1.